The third-order valence-corrected chi connectivity index (χ3v) is 3.11. The predicted molar refractivity (Wildman–Crippen MR) is 65.7 cm³/mol. The predicted octanol–water partition coefficient (Wildman–Crippen LogP) is 1.48. The van der Waals surface area contributed by atoms with Crippen LogP contribution in [0.25, 0.3) is 11.4 Å². The number of tetrazole rings is 1. The van der Waals surface area contributed by atoms with Gasteiger partial charge in [0.25, 0.3) is 0 Å². The fourth-order valence-electron chi connectivity index (χ4n) is 2.20. The van der Waals surface area contributed by atoms with Crippen LogP contribution in [0.15, 0.2) is 24.3 Å². The summed E-state index contributed by atoms with van der Waals surface area (Å²) in [6.45, 7) is 2.34. The van der Waals surface area contributed by atoms with E-state index >= 15 is 0 Å². The Bertz CT molecular complexity index is 496. The average molecular weight is 229 g/mol. The highest BCUT2D eigenvalue weighted by Gasteiger charge is 2.12. The minimum atomic E-state index is 0.681. The molecule has 0 bridgehead atoms. The smallest absolute Gasteiger partial charge is 0.204 e. The van der Waals surface area contributed by atoms with Crippen LogP contribution in [0.2, 0.25) is 0 Å². The maximum atomic E-state index is 4.19. The lowest BCUT2D eigenvalue weighted by atomic mass is 10.2. The third-order valence-electron chi connectivity index (χ3n) is 3.11. The van der Waals surface area contributed by atoms with E-state index in [1.54, 1.807) is 7.05 Å². The van der Waals surface area contributed by atoms with Crippen LogP contribution in [0.1, 0.15) is 12.8 Å². The second-order valence-corrected chi connectivity index (χ2v) is 4.34. The number of aromatic nitrogens is 4. The van der Waals surface area contributed by atoms with E-state index in [9.17, 15) is 0 Å². The van der Waals surface area contributed by atoms with Crippen molar-refractivity contribution in [3.63, 3.8) is 0 Å². The Morgan fingerprint density at radius 3 is 2.35 bits per heavy atom. The summed E-state index contributed by atoms with van der Waals surface area (Å²) in [7, 11) is 1.77. The van der Waals surface area contributed by atoms with Gasteiger partial charge in [0.2, 0.25) is 5.82 Å². The van der Waals surface area contributed by atoms with E-state index in [0.29, 0.717) is 5.82 Å². The van der Waals surface area contributed by atoms with Crippen LogP contribution in [-0.2, 0) is 7.05 Å². The van der Waals surface area contributed by atoms with E-state index in [0.717, 1.165) is 5.56 Å². The molecule has 0 saturated carbocycles. The van der Waals surface area contributed by atoms with Crippen LogP contribution in [0.5, 0.6) is 0 Å². The molecule has 3 rings (SSSR count). The maximum absolute atomic E-state index is 4.19. The SMILES string of the molecule is Cn1nnc(-c2ccc(N3CCCC3)cc2)n1. The highest BCUT2D eigenvalue weighted by Crippen LogP contribution is 2.23. The number of benzene rings is 1. The van der Waals surface area contributed by atoms with Crippen LogP contribution in [0.3, 0.4) is 0 Å². The van der Waals surface area contributed by atoms with Crippen molar-refractivity contribution in [2.45, 2.75) is 12.8 Å². The van der Waals surface area contributed by atoms with Gasteiger partial charge in [-0.05, 0) is 42.3 Å². The minimum absolute atomic E-state index is 0.681. The average Bonchev–Trinajstić information content (AvgIpc) is 3.00. The lowest BCUT2D eigenvalue weighted by molar-refractivity contribution is 0.630. The van der Waals surface area contributed by atoms with Gasteiger partial charge < -0.3 is 4.90 Å². The molecule has 1 aromatic heterocycles. The normalized spacial score (nSPS) is 15.5. The number of nitrogens with zero attached hydrogens (tertiary/aromatic N) is 5. The zero-order chi connectivity index (χ0) is 11.7. The monoisotopic (exact) mass is 229 g/mol. The van der Waals surface area contributed by atoms with Crippen LogP contribution < -0.4 is 4.90 Å². The quantitative estimate of drug-likeness (QED) is 0.782. The molecule has 1 saturated heterocycles. The minimum Gasteiger partial charge on any atom is -0.372 e. The van der Waals surface area contributed by atoms with Crippen molar-refractivity contribution in [1.82, 2.24) is 20.2 Å². The molecule has 0 spiro atoms. The topological polar surface area (TPSA) is 46.8 Å². The van der Waals surface area contributed by atoms with Crippen molar-refractivity contribution in [3.05, 3.63) is 24.3 Å². The standard InChI is InChI=1S/C12H15N5/c1-16-14-12(13-15-16)10-4-6-11(7-5-10)17-8-2-3-9-17/h4-7H,2-3,8-9H2,1H3. The Kier molecular flexibility index (Phi) is 2.51. The molecule has 0 unspecified atom stereocenters. The summed E-state index contributed by atoms with van der Waals surface area (Å²) in [5, 5.41) is 12.0. The molecule has 5 nitrogen and oxygen atoms in total. The Morgan fingerprint density at radius 1 is 1.06 bits per heavy atom. The summed E-state index contributed by atoms with van der Waals surface area (Å²) >= 11 is 0. The summed E-state index contributed by atoms with van der Waals surface area (Å²) < 4.78 is 0. The second kappa shape index (κ2) is 4.16. The van der Waals surface area contributed by atoms with Crippen LogP contribution in [-0.4, -0.2) is 33.3 Å². The molecule has 1 fully saturated rings. The van der Waals surface area contributed by atoms with Crippen LogP contribution in [0, 0.1) is 0 Å². The summed E-state index contributed by atoms with van der Waals surface area (Å²) in [4.78, 5) is 3.89. The molecule has 0 amide bonds. The van der Waals surface area contributed by atoms with Crippen molar-refractivity contribution >= 4 is 5.69 Å². The molecule has 1 aliphatic rings. The van der Waals surface area contributed by atoms with Gasteiger partial charge in [-0.3, -0.25) is 0 Å². The third kappa shape index (κ3) is 2.00. The first kappa shape index (κ1) is 10.3. The summed E-state index contributed by atoms with van der Waals surface area (Å²) in [6, 6.07) is 8.39. The summed E-state index contributed by atoms with van der Waals surface area (Å²) in [5.74, 6) is 0.681. The zero-order valence-electron chi connectivity index (χ0n) is 9.87. The highest BCUT2D eigenvalue weighted by molar-refractivity contribution is 5.60. The highest BCUT2D eigenvalue weighted by atomic mass is 15.6. The van der Waals surface area contributed by atoms with E-state index in [1.165, 1.54) is 36.4 Å². The molecular weight excluding hydrogens is 214 g/mol. The number of anilines is 1. The maximum Gasteiger partial charge on any atom is 0.204 e. The lowest BCUT2D eigenvalue weighted by Gasteiger charge is -2.17. The zero-order valence-corrected chi connectivity index (χ0v) is 9.87. The van der Waals surface area contributed by atoms with E-state index in [1.807, 2.05) is 0 Å². The molecule has 2 heterocycles. The van der Waals surface area contributed by atoms with Gasteiger partial charge in [0.15, 0.2) is 0 Å². The van der Waals surface area contributed by atoms with Gasteiger partial charge in [0.1, 0.15) is 0 Å². The Balaban J connectivity index is 1.84. The first-order valence-corrected chi connectivity index (χ1v) is 5.92. The number of hydrogen-bond acceptors (Lipinski definition) is 4. The fraction of sp³-hybridized carbons (Fsp3) is 0.417. The molecule has 2 aromatic rings. The van der Waals surface area contributed by atoms with Crippen LogP contribution in [0.4, 0.5) is 5.69 Å². The number of aryl methyl sites for hydroxylation is 1. The van der Waals surface area contributed by atoms with Gasteiger partial charge in [0.05, 0.1) is 7.05 Å². The molecule has 5 heteroatoms. The van der Waals surface area contributed by atoms with Crippen LogP contribution >= 0.6 is 0 Å². The Labute approximate surface area is 100 Å². The first-order valence-electron chi connectivity index (χ1n) is 5.92. The second-order valence-electron chi connectivity index (χ2n) is 4.34. The molecule has 1 aliphatic heterocycles. The molecule has 0 N–H and O–H groups in total. The van der Waals surface area contributed by atoms with Gasteiger partial charge in [-0.25, -0.2) is 0 Å². The van der Waals surface area contributed by atoms with Gasteiger partial charge in [-0.15, -0.1) is 10.2 Å². The first-order chi connectivity index (χ1) is 8.33. The molecule has 88 valence electrons. The van der Waals surface area contributed by atoms with E-state index < -0.39 is 0 Å². The largest absolute Gasteiger partial charge is 0.372 e. The summed E-state index contributed by atoms with van der Waals surface area (Å²) in [6.07, 6.45) is 2.60. The van der Waals surface area contributed by atoms with Gasteiger partial charge in [-0.1, -0.05) is 0 Å². The number of rotatable bonds is 2. The van der Waals surface area contributed by atoms with Crippen molar-refractivity contribution in [2.75, 3.05) is 18.0 Å². The summed E-state index contributed by atoms with van der Waals surface area (Å²) in [5.41, 5.74) is 2.30. The van der Waals surface area contributed by atoms with E-state index in [2.05, 4.69) is 44.6 Å². The van der Waals surface area contributed by atoms with Gasteiger partial charge in [-0.2, -0.15) is 4.80 Å². The molecule has 0 aliphatic carbocycles. The molecule has 0 atom stereocenters. The Morgan fingerprint density at radius 2 is 1.76 bits per heavy atom. The number of hydrogen-bond donors (Lipinski definition) is 0. The van der Waals surface area contributed by atoms with Gasteiger partial charge in [0, 0.05) is 24.3 Å². The fourth-order valence-corrected chi connectivity index (χ4v) is 2.20. The molecular formula is C12H15N5. The molecule has 17 heavy (non-hydrogen) atoms. The van der Waals surface area contributed by atoms with Crippen molar-refractivity contribution in [2.24, 2.45) is 7.05 Å². The van der Waals surface area contributed by atoms with E-state index in [4.69, 9.17) is 0 Å². The van der Waals surface area contributed by atoms with Crippen molar-refractivity contribution < 1.29 is 0 Å². The Hall–Kier alpha value is -1.91. The molecule has 1 aromatic carbocycles. The molecule has 0 radical (unpaired) electrons. The van der Waals surface area contributed by atoms with E-state index in [-0.39, 0.29) is 0 Å². The van der Waals surface area contributed by atoms with Crippen molar-refractivity contribution in [3.8, 4) is 11.4 Å². The van der Waals surface area contributed by atoms with Gasteiger partial charge >= 0.3 is 0 Å². The lowest BCUT2D eigenvalue weighted by Crippen LogP contribution is -2.17. The van der Waals surface area contributed by atoms with Crippen molar-refractivity contribution in [1.29, 1.82) is 0 Å².